The van der Waals surface area contributed by atoms with Crippen LogP contribution in [0, 0.1) is 11.3 Å². The van der Waals surface area contributed by atoms with Gasteiger partial charge < -0.3 is 9.45 Å². The molecule has 8 nitrogen and oxygen atoms in total. The van der Waals surface area contributed by atoms with Crippen LogP contribution in [0.4, 0.5) is 0 Å². The molecule has 0 spiro atoms. The molecule has 0 radical (unpaired) electrons. The van der Waals surface area contributed by atoms with Gasteiger partial charge in [-0.1, -0.05) is 0 Å². The van der Waals surface area contributed by atoms with Gasteiger partial charge in [0.05, 0.1) is 12.1 Å². The Morgan fingerprint density at radius 3 is 2.71 bits per heavy atom. The van der Waals surface area contributed by atoms with Crippen LogP contribution >= 0.6 is 0 Å². The molecule has 1 amide bonds. The number of hydrogen-bond donors (Lipinski definition) is 1. The molecule has 0 aromatic rings. The minimum Gasteiger partial charge on any atom is -0.724 e. The highest BCUT2D eigenvalue weighted by atomic mass is 32.3. The van der Waals surface area contributed by atoms with E-state index in [1.165, 1.54) is 11.8 Å². The SMILES string of the molecule is CC(=O)N1C[C@H](NOS(=O)(=O)[O-])CC[C@H]1C#N. The van der Waals surface area contributed by atoms with E-state index in [2.05, 4.69) is 9.76 Å². The summed E-state index contributed by atoms with van der Waals surface area (Å²) in [7, 11) is -4.81. The monoisotopic (exact) mass is 262 g/mol. The van der Waals surface area contributed by atoms with E-state index in [9.17, 15) is 17.8 Å². The van der Waals surface area contributed by atoms with Crippen molar-refractivity contribution >= 4 is 16.3 Å². The topological polar surface area (TPSA) is 123 Å². The van der Waals surface area contributed by atoms with Crippen LogP contribution in [-0.4, -0.2) is 42.4 Å². The number of rotatable bonds is 3. The highest BCUT2D eigenvalue weighted by Crippen LogP contribution is 2.17. The van der Waals surface area contributed by atoms with E-state index in [1.807, 2.05) is 6.07 Å². The first-order chi connectivity index (χ1) is 7.83. The van der Waals surface area contributed by atoms with Crippen molar-refractivity contribution in [1.82, 2.24) is 10.4 Å². The predicted octanol–water partition coefficient (Wildman–Crippen LogP) is -1.13. The maximum atomic E-state index is 11.2. The number of amides is 1. The highest BCUT2D eigenvalue weighted by molar-refractivity contribution is 7.80. The second-order valence-electron chi connectivity index (χ2n) is 3.70. The van der Waals surface area contributed by atoms with Gasteiger partial charge in [0.25, 0.3) is 0 Å². The molecule has 1 aliphatic rings. The Balaban J connectivity index is 2.58. The molecule has 1 aliphatic heterocycles. The van der Waals surface area contributed by atoms with Crippen LogP contribution in [0.3, 0.4) is 0 Å². The number of carbonyl (C=O) groups excluding carboxylic acids is 1. The van der Waals surface area contributed by atoms with Crippen molar-refractivity contribution in [3.05, 3.63) is 0 Å². The molecule has 1 saturated heterocycles. The summed E-state index contributed by atoms with van der Waals surface area (Å²) >= 11 is 0. The first-order valence-electron chi connectivity index (χ1n) is 4.90. The van der Waals surface area contributed by atoms with Gasteiger partial charge in [-0.3, -0.25) is 4.79 Å². The van der Waals surface area contributed by atoms with Crippen LogP contribution in [-0.2, 0) is 19.5 Å². The predicted molar refractivity (Wildman–Crippen MR) is 53.7 cm³/mol. The van der Waals surface area contributed by atoms with Crippen molar-refractivity contribution in [2.24, 2.45) is 0 Å². The fraction of sp³-hybridized carbons (Fsp3) is 0.750. The molecule has 0 bridgehead atoms. The van der Waals surface area contributed by atoms with Crippen LogP contribution < -0.4 is 5.48 Å². The van der Waals surface area contributed by atoms with Gasteiger partial charge in [0.2, 0.25) is 16.3 Å². The first-order valence-corrected chi connectivity index (χ1v) is 6.23. The minimum atomic E-state index is -4.81. The number of hydroxylamine groups is 1. The number of nitrogens with one attached hydrogen (secondary N) is 1. The summed E-state index contributed by atoms with van der Waals surface area (Å²) in [5.74, 6) is -0.284. The third-order valence-electron chi connectivity index (χ3n) is 2.45. The molecule has 0 aliphatic carbocycles. The number of piperidine rings is 1. The third-order valence-corrected chi connectivity index (χ3v) is 2.75. The Kier molecular flexibility index (Phi) is 4.41. The molecule has 0 aromatic heterocycles. The summed E-state index contributed by atoms with van der Waals surface area (Å²) in [6.07, 6.45) is 0.841. The van der Waals surface area contributed by atoms with E-state index in [0.717, 1.165) is 0 Å². The molecule has 9 heteroatoms. The third kappa shape index (κ3) is 4.27. The standard InChI is InChI=1S/C8H13N3O5S/c1-6(12)11-5-7(2-3-8(11)4-9)10-16-17(13,14)15/h7-8,10H,2-3,5H2,1H3,(H,13,14,15)/p-1/t7-,8+/m1/s1. The van der Waals surface area contributed by atoms with Gasteiger partial charge in [-0.15, -0.1) is 0 Å². The van der Waals surface area contributed by atoms with Gasteiger partial charge >= 0.3 is 0 Å². The fourth-order valence-corrected chi connectivity index (χ4v) is 1.93. The number of nitriles is 1. The lowest BCUT2D eigenvalue weighted by atomic mass is 10.00. The molecule has 0 aromatic carbocycles. The average molecular weight is 262 g/mol. The summed E-state index contributed by atoms with van der Waals surface area (Å²) in [5, 5.41) is 8.81. The van der Waals surface area contributed by atoms with Crippen molar-refractivity contribution < 1.29 is 22.0 Å². The van der Waals surface area contributed by atoms with Gasteiger partial charge in [0.15, 0.2) is 0 Å². The largest absolute Gasteiger partial charge is 0.724 e. The second-order valence-corrected chi connectivity index (χ2v) is 4.68. The van der Waals surface area contributed by atoms with Crippen LogP contribution in [0.2, 0.25) is 0 Å². The van der Waals surface area contributed by atoms with E-state index in [0.29, 0.717) is 12.8 Å². The molecule has 0 unspecified atom stereocenters. The van der Waals surface area contributed by atoms with E-state index in [4.69, 9.17) is 5.26 Å². The van der Waals surface area contributed by atoms with E-state index >= 15 is 0 Å². The second kappa shape index (κ2) is 5.42. The quantitative estimate of drug-likeness (QED) is 0.388. The Labute approximate surface area is 99.1 Å². The molecule has 1 rings (SSSR count). The number of likely N-dealkylation sites (tertiary alicyclic amines) is 1. The van der Waals surface area contributed by atoms with E-state index in [1.54, 1.807) is 0 Å². The van der Waals surface area contributed by atoms with Crippen LogP contribution in [0.25, 0.3) is 0 Å². The molecule has 1 N–H and O–H groups in total. The summed E-state index contributed by atoms with van der Waals surface area (Å²) < 4.78 is 34.6. The van der Waals surface area contributed by atoms with Crippen molar-refractivity contribution in [1.29, 1.82) is 5.26 Å². The van der Waals surface area contributed by atoms with E-state index < -0.39 is 22.5 Å². The number of hydrogen-bond acceptors (Lipinski definition) is 7. The van der Waals surface area contributed by atoms with Gasteiger partial charge in [-0.2, -0.15) is 15.0 Å². The molecular formula is C8H12N3O5S-. The fourth-order valence-electron chi connectivity index (χ4n) is 1.68. The van der Waals surface area contributed by atoms with E-state index in [-0.39, 0.29) is 12.5 Å². The number of nitrogens with zero attached hydrogens (tertiary/aromatic N) is 2. The summed E-state index contributed by atoms with van der Waals surface area (Å²) in [6.45, 7) is 1.45. The first kappa shape index (κ1) is 13.9. The Morgan fingerprint density at radius 1 is 1.59 bits per heavy atom. The van der Waals surface area contributed by atoms with Gasteiger partial charge in [0, 0.05) is 13.5 Å². The lowest BCUT2D eigenvalue weighted by Crippen LogP contribution is -2.52. The molecule has 1 heterocycles. The minimum absolute atomic E-state index is 0.128. The summed E-state index contributed by atoms with van der Waals surface area (Å²) in [4.78, 5) is 12.5. The Bertz CT molecular complexity index is 429. The zero-order chi connectivity index (χ0) is 13.1. The van der Waals surface area contributed by atoms with Crippen LogP contribution in [0.15, 0.2) is 0 Å². The zero-order valence-corrected chi connectivity index (χ0v) is 9.94. The van der Waals surface area contributed by atoms with Crippen molar-refractivity contribution in [2.45, 2.75) is 31.8 Å². The van der Waals surface area contributed by atoms with Crippen LogP contribution in [0.5, 0.6) is 0 Å². The summed E-state index contributed by atoms with van der Waals surface area (Å²) in [5.41, 5.74) is 2.09. The maximum absolute atomic E-state index is 11.2. The summed E-state index contributed by atoms with van der Waals surface area (Å²) in [6, 6.07) is 0.986. The number of carbonyl (C=O) groups is 1. The maximum Gasteiger partial charge on any atom is 0.234 e. The molecule has 0 saturated carbocycles. The van der Waals surface area contributed by atoms with Crippen molar-refractivity contribution in [3.63, 3.8) is 0 Å². The molecule has 2 atom stereocenters. The molecular weight excluding hydrogens is 250 g/mol. The van der Waals surface area contributed by atoms with Gasteiger partial charge in [-0.25, -0.2) is 8.42 Å². The molecule has 1 fully saturated rings. The Hall–Kier alpha value is -1.21. The molecule has 96 valence electrons. The van der Waals surface area contributed by atoms with Crippen LogP contribution in [0.1, 0.15) is 19.8 Å². The average Bonchev–Trinajstić information content (AvgIpc) is 2.25. The zero-order valence-electron chi connectivity index (χ0n) is 9.12. The highest BCUT2D eigenvalue weighted by Gasteiger charge is 2.30. The van der Waals surface area contributed by atoms with Gasteiger partial charge in [-0.05, 0) is 12.8 Å². The Morgan fingerprint density at radius 2 is 2.24 bits per heavy atom. The van der Waals surface area contributed by atoms with Crippen molar-refractivity contribution in [2.75, 3.05) is 6.54 Å². The molecule has 17 heavy (non-hydrogen) atoms. The van der Waals surface area contributed by atoms with Crippen molar-refractivity contribution in [3.8, 4) is 6.07 Å². The normalized spacial score (nSPS) is 25.4. The lowest BCUT2D eigenvalue weighted by molar-refractivity contribution is -0.132. The smallest absolute Gasteiger partial charge is 0.234 e. The van der Waals surface area contributed by atoms with Gasteiger partial charge in [0.1, 0.15) is 6.04 Å². The lowest BCUT2D eigenvalue weighted by Gasteiger charge is -2.35.